The van der Waals surface area contributed by atoms with Crippen LogP contribution in [0.2, 0.25) is 0 Å². The van der Waals surface area contributed by atoms with Crippen LogP contribution in [0, 0.1) is 0 Å². The Hall–Kier alpha value is -0.450. The van der Waals surface area contributed by atoms with Gasteiger partial charge in [0.25, 0.3) is 0 Å². The quantitative estimate of drug-likeness (QED) is 0.818. The van der Waals surface area contributed by atoms with Gasteiger partial charge >= 0.3 is 0 Å². The number of thiazole rings is 1. The molecule has 80 valence electrons. The number of ether oxygens (including phenoxy) is 1. The predicted molar refractivity (Wildman–Crippen MR) is 59.6 cm³/mol. The molecule has 2 unspecified atom stereocenters. The number of nitrogens with one attached hydrogen (secondary N) is 1. The van der Waals surface area contributed by atoms with Crippen LogP contribution < -0.4 is 5.32 Å². The van der Waals surface area contributed by atoms with Crippen LogP contribution in [0.15, 0.2) is 5.38 Å². The third-order valence-corrected chi connectivity index (χ3v) is 3.30. The van der Waals surface area contributed by atoms with Crippen molar-refractivity contribution in [3.05, 3.63) is 16.1 Å². The van der Waals surface area contributed by atoms with Crippen molar-refractivity contribution in [2.75, 3.05) is 14.2 Å². The molecular formula is C10H18N2OS. The molecule has 0 bridgehead atoms. The fourth-order valence-corrected chi connectivity index (χ4v) is 2.31. The number of rotatable bonds is 5. The van der Waals surface area contributed by atoms with Crippen LogP contribution in [0.1, 0.15) is 43.1 Å². The molecule has 0 fully saturated rings. The molecule has 0 aliphatic heterocycles. The van der Waals surface area contributed by atoms with Gasteiger partial charge in [0.15, 0.2) is 0 Å². The van der Waals surface area contributed by atoms with Gasteiger partial charge in [-0.25, -0.2) is 4.98 Å². The topological polar surface area (TPSA) is 34.1 Å². The highest BCUT2D eigenvalue weighted by atomic mass is 32.1. The summed E-state index contributed by atoms with van der Waals surface area (Å²) in [5.41, 5.74) is 1.10. The van der Waals surface area contributed by atoms with Crippen LogP contribution in [-0.2, 0) is 4.74 Å². The highest BCUT2D eigenvalue weighted by Crippen LogP contribution is 2.25. The SMILES string of the molecule is CCC(OC)c1nc(C(C)NC)cs1. The van der Waals surface area contributed by atoms with E-state index < -0.39 is 0 Å². The molecule has 1 aromatic rings. The summed E-state index contributed by atoms with van der Waals surface area (Å²) in [7, 11) is 3.67. The smallest absolute Gasteiger partial charge is 0.122 e. The van der Waals surface area contributed by atoms with Crippen molar-refractivity contribution in [3.63, 3.8) is 0 Å². The summed E-state index contributed by atoms with van der Waals surface area (Å²) >= 11 is 1.67. The van der Waals surface area contributed by atoms with Crippen LogP contribution in [0.4, 0.5) is 0 Å². The molecule has 1 rings (SSSR count). The number of nitrogens with zero attached hydrogens (tertiary/aromatic N) is 1. The van der Waals surface area contributed by atoms with Crippen molar-refractivity contribution in [2.24, 2.45) is 0 Å². The first kappa shape index (κ1) is 11.6. The zero-order valence-corrected chi connectivity index (χ0v) is 10.0. The molecule has 3 nitrogen and oxygen atoms in total. The van der Waals surface area contributed by atoms with E-state index in [1.165, 1.54) is 0 Å². The molecule has 14 heavy (non-hydrogen) atoms. The Balaban J connectivity index is 2.76. The van der Waals surface area contributed by atoms with Crippen molar-refractivity contribution >= 4 is 11.3 Å². The Morgan fingerprint density at radius 3 is 2.86 bits per heavy atom. The largest absolute Gasteiger partial charge is 0.374 e. The number of methoxy groups -OCH3 is 1. The van der Waals surface area contributed by atoms with Crippen molar-refractivity contribution in [3.8, 4) is 0 Å². The van der Waals surface area contributed by atoms with Crippen LogP contribution >= 0.6 is 11.3 Å². The molecule has 1 heterocycles. The van der Waals surface area contributed by atoms with Gasteiger partial charge in [0.2, 0.25) is 0 Å². The maximum Gasteiger partial charge on any atom is 0.122 e. The van der Waals surface area contributed by atoms with Gasteiger partial charge in [-0.2, -0.15) is 0 Å². The summed E-state index contributed by atoms with van der Waals surface area (Å²) in [5.74, 6) is 0. The van der Waals surface area contributed by atoms with E-state index in [1.54, 1.807) is 18.4 Å². The zero-order valence-electron chi connectivity index (χ0n) is 9.20. The van der Waals surface area contributed by atoms with E-state index in [-0.39, 0.29) is 6.10 Å². The Kier molecular flexibility index (Phi) is 4.51. The molecule has 1 aromatic heterocycles. The molecule has 0 amide bonds. The molecule has 0 aromatic carbocycles. The van der Waals surface area contributed by atoms with Gasteiger partial charge in [-0.05, 0) is 20.4 Å². The normalized spacial score (nSPS) is 15.4. The number of aromatic nitrogens is 1. The minimum atomic E-state index is 0.151. The minimum Gasteiger partial charge on any atom is -0.374 e. The van der Waals surface area contributed by atoms with E-state index in [9.17, 15) is 0 Å². The van der Waals surface area contributed by atoms with E-state index in [0.717, 1.165) is 17.1 Å². The van der Waals surface area contributed by atoms with Crippen LogP contribution in [0.3, 0.4) is 0 Å². The van der Waals surface area contributed by atoms with Crippen molar-refractivity contribution in [2.45, 2.75) is 32.4 Å². The van der Waals surface area contributed by atoms with Gasteiger partial charge in [0, 0.05) is 18.5 Å². The van der Waals surface area contributed by atoms with Gasteiger partial charge in [0.1, 0.15) is 11.1 Å². The van der Waals surface area contributed by atoms with E-state index in [0.29, 0.717) is 6.04 Å². The minimum absolute atomic E-state index is 0.151. The van der Waals surface area contributed by atoms with E-state index >= 15 is 0 Å². The lowest BCUT2D eigenvalue weighted by Gasteiger charge is -2.09. The second-order valence-corrected chi connectivity index (χ2v) is 4.14. The van der Waals surface area contributed by atoms with Crippen molar-refractivity contribution in [1.82, 2.24) is 10.3 Å². The van der Waals surface area contributed by atoms with Gasteiger partial charge in [-0.3, -0.25) is 0 Å². The third-order valence-electron chi connectivity index (χ3n) is 2.35. The molecule has 0 saturated carbocycles. The van der Waals surface area contributed by atoms with Crippen molar-refractivity contribution < 1.29 is 4.74 Å². The first-order valence-electron chi connectivity index (χ1n) is 4.88. The fourth-order valence-electron chi connectivity index (χ4n) is 1.24. The summed E-state index contributed by atoms with van der Waals surface area (Å²) in [4.78, 5) is 4.55. The predicted octanol–water partition coefficient (Wildman–Crippen LogP) is 2.52. The Labute approximate surface area is 89.5 Å². The van der Waals surface area contributed by atoms with Gasteiger partial charge in [0.05, 0.1) is 5.69 Å². The molecule has 0 aliphatic rings. The van der Waals surface area contributed by atoms with Crippen molar-refractivity contribution in [1.29, 1.82) is 0 Å². The first-order chi connectivity index (χ1) is 6.72. The molecule has 4 heteroatoms. The Bertz CT molecular complexity index is 271. The lowest BCUT2D eigenvalue weighted by atomic mass is 10.2. The maximum atomic E-state index is 5.34. The van der Waals surface area contributed by atoms with Gasteiger partial charge in [-0.15, -0.1) is 11.3 Å². The van der Waals surface area contributed by atoms with E-state index in [4.69, 9.17) is 4.74 Å². The fraction of sp³-hybridized carbons (Fsp3) is 0.700. The Morgan fingerprint density at radius 1 is 1.64 bits per heavy atom. The maximum absolute atomic E-state index is 5.34. The number of hydrogen-bond acceptors (Lipinski definition) is 4. The third kappa shape index (κ3) is 2.53. The average Bonchev–Trinajstić information content (AvgIpc) is 2.68. The lowest BCUT2D eigenvalue weighted by molar-refractivity contribution is 0.0996. The molecule has 0 spiro atoms. The summed E-state index contributed by atoms with van der Waals surface area (Å²) in [6, 6.07) is 0.314. The zero-order chi connectivity index (χ0) is 10.6. The van der Waals surface area contributed by atoms with E-state index in [2.05, 4.69) is 29.5 Å². The second kappa shape index (κ2) is 5.44. The van der Waals surface area contributed by atoms with Crippen LogP contribution in [-0.4, -0.2) is 19.1 Å². The molecule has 0 aliphatic carbocycles. The van der Waals surface area contributed by atoms with Crippen LogP contribution in [0.25, 0.3) is 0 Å². The van der Waals surface area contributed by atoms with Gasteiger partial charge < -0.3 is 10.1 Å². The standard InChI is InChI=1S/C10H18N2OS/c1-5-9(13-4)10-12-8(6-14-10)7(2)11-3/h6-7,9,11H,5H2,1-4H3. The summed E-state index contributed by atoms with van der Waals surface area (Å²) in [6.07, 6.45) is 1.12. The first-order valence-corrected chi connectivity index (χ1v) is 5.76. The van der Waals surface area contributed by atoms with E-state index in [1.807, 2.05) is 7.05 Å². The molecular weight excluding hydrogens is 196 g/mol. The summed E-state index contributed by atoms with van der Waals surface area (Å²) in [5, 5.41) is 6.34. The average molecular weight is 214 g/mol. The molecule has 0 radical (unpaired) electrons. The highest BCUT2D eigenvalue weighted by Gasteiger charge is 2.14. The van der Waals surface area contributed by atoms with Crippen LogP contribution in [0.5, 0.6) is 0 Å². The molecule has 2 atom stereocenters. The summed E-state index contributed by atoms with van der Waals surface area (Å²) < 4.78 is 5.34. The Morgan fingerprint density at radius 2 is 2.36 bits per heavy atom. The highest BCUT2D eigenvalue weighted by molar-refractivity contribution is 7.09. The molecule has 1 N–H and O–H groups in total. The number of hydrogen-bond donors (Lipinski definition) is 1. The monoisotopic (exact) mass is 214 g/mol. The second-order valence-electron chi connectivity index (χ2n) is 3.25. The molecule has 0 saturated heterocycles. The summed E-state index contributed by atoms with van der Waals surface area (Å²) in [6.45, 7) is 4.21. The van der Waals surface area contributed by atoms with Gasteiger partial charge in [-0.1, -0.05) is 6.92 Å². The lowest BCUT2D eigenvalue weighted by Crippen LogP contribution is -2.12.